The molecule has 7 heteroatoms. The first-order valence-corrected chi connectivity index (χ1v) is 11.8. The Morgan fingerprint density at radius 1 is 1.00 bits per heavy atom. The number of carbonyl (C=O) groups excluding carboxylic acids is 1. The molecule has 5 nitrogen and oxygen atoms in total. The zero-order valence-corrected chi connectivity index (χ0v) is 19.2. The highest BCUT2D eigenvalue weighted by Gasteiger charge is 2.22. The highest BCUT2D eigenvalue weighted by molar-refractivity contribution is 7.92. The van der Waals surface area contributed by atoms with Gasteiger partial charge in [0.1, 0.15) is 4.90 Å². The zero-order chi connectivity index (χ0) is 22.6. The molecule has 0 saturated carbocycles. The molecular formula is C24H25ClN2O3S. The summed E-state index contributed by atoms with van der Waals surface area (Å²) in [5.41, 5.74) is 3.39. The number of halogens is 1. The highest BCUT2D eigenvalue weighted by Crippen LogP contribution is 2.27. The molecule has 1 amide bonds. The van der Waals surface area contributed by atoms with E-state index in [1.807, 2.05) is 63.2 Å². The third kappa shape index (κ3) is 5.46. The van der Waals surface area contributed by atoms with Gasteiger partial charge in [-0.15, -0.1) is 0 Å². The number of anilines is 1. The third-order valence-electron chi connectivity index (χ3n) is 5.04. The van der Waals surface area contributed by atoms with E-state index in [1.165, 1.54) is 18.2 Å². The molecule has 0 spiro atoms. The lowest BCUT2D eigenvalue weighted by molar-refractivity contribution is 0.0935. The monoisotopic (exact) mass is 456 g/mol. The number of hydrogen-bond acceptors (Lipinski definition) is 3. The van der Waals surface area contributed by atoms with Crippen molar-refractivity contribution < 1.29 is 13.2 Å². The number of rotatable bonds is 7. The fourth-order valence-corrected chi connectivity index (χ4v) is 4.89. The van der Waals surface area contributed by atoms with Gasteiger partial charge in [-0.1, -0.05) is 61.0 Å². The number of sulfonamides is 1. The van der Waals surface area contributed by atoms with E-state index in [2.05, 4.69) is 10.0 Å². The molecule has 0 aliphatic rings. The van der Waals surface area contributed by atoms with Crippen molar-refractivity contribution in [3.63, 3.8) is 0 Å². The number of amides is 1. The maximum Gasteiger partial charge on any atom is 0.263 e. The van der Waals surface area contributed by atoms with Gasteiger partial charge in [-0.05, 0) is 61.2 Å². The van der Waals surface area contributed by atoms with Crippen LogP contribution in [-0.4, -0.2) is 14.3 Å². The Morgan fingerprint density at radius 2 is 1.71 bits per heavy atom. The van der Waals surface area contributed by atoms with Gasteiger partial charge in [0.2, 0.25) is 0 Å². The second-order valence-corrected chi connectivity index (χ2v) is 9.47. The molecule has 0 unspecified atom stereocenters. The molecule has 0 aromatic heterocycles. The van der Waals surface area contributed by atoms with Gasteiger partial charge in [-0.2, -0.15) is 0 Å². The Labute approximate surface area is 188 Å². The molecule has 0 heterocycles. The van der Waals surface area contributed by atoms with Gasteiger partial charge in [-0.3, -0.25) is 9.52 Å². The van der Waals surface area contributed by atoms with Crippen molar-refractivity contribution in [1.29, 1.82) is 0 Å². The number of hydrogen-bond donors (Lipinski definition) is 2. The third-order valence-corrected chi connectivity index (χ3v) is 6.88. The van der Waals surface area contributed by atoms with Crippen molar-refractivity contribution in [1.82, 2.24) is 5.32 Å². The Balaban J connectivity index is 1.88. The molecule has 0 radical (unpaired) electrons. The van der Waals surface area contributed by atoms with Gasteiger partial charge in [-0.25, -0.2) is 8.42 Å². The minimum Gasteiger partial charge on any atom is -0.345 e. The molecule has 0 saturated heterocycles. The first kappa shape index (κ1) is 22.8. The summed E-state index contributed by atoms with van der Waals surface area (Å²) < 4.78 is 28.7. The van der Waals surface area contributed by atoms with Crippen LogP contribution in [0.4, 0.5) is 5.69 Å². The summed E-state index contributed by atoms with van der Waals surface area (Å²) in [6.07, 6.45) is 0.697. The summed E-state index contributed by atoms with van der Waals surface area (Å²) in [5, 5.41) is 3.01. The van der Waals surface area contributed by atoms with Crippen molar-refractivity contribution in [3.8, 4) is 0 Å². The predicted octanol–water partition coefficient (Wildman–Crippen LogP) is 5.64. The molecule has 3 aromatic rings. The standard InChI is InChI=1S/C24H25ClN2O3S/c1-4-21(18-8-6-5-7-9-18)26-24(28)19-12-13-20(25)23(15-19)31(29,30)27-22-14-16(2)10-11-17(22)3/h5-15,21,27H,4H2,1-3H3,(H,26,28)/t21-/m1/s1. The van der Waals surface area contributed by atoms with Crippen LogP contribution in [0.25, 0.3) is 0 Å². The van der Waals surface area contributed by atoms with Crippen LogP contribution in [0.5, 0.6) is 0 Å². The summed E-state index contributed by atoms with van der Waals surface area (Å²) in [6, 6.07) is 19.2. The van der Waals surface area contributed by atoms with Crippen molar-refractivity contribution in [3.05, 3.63) is 94.0 Å². The van der Waals surface area contributed by atoms with Gasteiger partial charge in [0.25, 0.3) is 15.9 Å². The Kier molecular flexibility index (Phi) is 7.03. The predicted molar refractivity (Wildman–Crippen MR) is 125 cm³/mol. The molecule has 1 atom stereocenters. The average molecular weight is 457 g/mol. The lowest BCUT2D eigenvalue weighted by Crippen LogP contribution is -2.28. The quantitative estimate of drug-likeness (QED) is 0.483. The molecule has 31 heavy (non-hydrogen) atoms. The minimum absolute atomic E-state index is 0.0458. The van der Waals surface area contributed by atoms with Gasteiger partial charge in [0, 0.05) is 5.56 Å². The van der Waals surface area contributed by atoms with Crippen LogP contribution in [0.2, 0.25) is 5.02 Å². The number of nitrogens with one attached hydrogen (secondary N) is 2. The zero-order valence-electron chi connectivity index (χ0n) is 17.6. The van der Waals surface area contributed by atoms with Crippen molar-refractivity contribution in [2.45, 2.75) is 38.1 Å². The van der Waals surface area contributed by atoms with Crippen LogP contribution in [0, 0.1) is 13.8 Å². The molecule has 2 N–H and O–H groups in total. The second-order valence-electron chi connectivity index (χ2n) is 7.41. The number of aryl methyl sites for hydroxylation is 2. The van der Waals surface area contributed by atoms with Crippen LogP contribution in [0.15, 0.2) is 71.6 Å². The van der Waals surface area contributed by atoms with Crippen molar-refractivity contribution in [2.24, 2.45) is 0 Å². The van der Waals surface area contributed by atoms with E-state index in [-0.39, 0.29) is 27.4 Å². The Bertz CT molecular complexity index is 1190. The van der Waals surface area contributed by atoms with E-state index in [0.29, 0.717) is 12.1 Å². The number of benzene rings is 3. The topological polar surface area (TPSA) is 75.3 Å². The van der Waals surface area contributed by atoms with E-state index in [9.17, 15) is 13.2 Å². The normalized spacial score (nSPS) is 12.3. The molecule has 3 aromatic carbocycles. The summed E-state index contributed by atoms with van der Waals surface area (Å²) in [4.78, 5) is 12.7. The van der Waals surface area contributed by atoms with Crippen molar-refractivity contribution in [2.75, 3.05) is 4.72 Å². The minimum atomic E-state index is -3.99. The first-order valence-electron chi connectivity index (χ1n) is 9.96. The fraction of sp³-hybridized carbons (Fsp3) is 0.208. The lowest BCUT2D eigenvalue weighted by Gasteiger charge is -2.18. The molecular weight excluding hydrogens is 432 g/mol. The van der Waals surface area contributed by atoms with Crippen LogP contribution in [-0.2, 0) is 10.0 Å². The van der Waals surface area contributed by atoms with Crippen LogP contribution in [0.3, 0.4) is 0 Å². The van der Waals surface area contributed by atoms with E-state index < -0.39 is 10.0 Å². The van der Waals surface area contributed by atoms with E-state index >= 15 is 0 Å². The highest BCUT2D eigenvalue weighted by atomic mass is 35.5. The molecule has 0 fully saturated rings. The second kappa shape index (κ2) is 9.54. The first-order chi connectivity index (χ1) is 14.7. The maximum atomic E-state index is 13.0. The Morgan fingerprint density at radius 3 is 2.39 bits per heavy atom. The van der Waals surface area contributed by atoms with Gasteiger partial charge >= 0.3 is 0 Å². The largest absolute Gasteiger partial charge is 0.345 e. The number of carbonyl (C=O) groups is 1. The molecule has 162 valence electrons. The average Bonchev–Trinajstić information content (AvgIpc) is 2.75. The van der Waals surface area contributed by atoms with Crippen LogP contribution in [0.1, 0.15) is 46.4 Å². The summed E-state index contributed by atoms with van der Waals surface area (Å²) in [7, 11) is -3.99. The fourth-order valence-electron chi connectivity index (χ4n) is 3.24. The van der Waals surface area contributed by atoms with E-state index in [1.54, 1.807) is 6.07 Å². The van der Waals surface area contributed by atoms with Gasteiger partial charge in [0.05, 0.1) is 16.8 Å². The molecule has 0 bridgehead atoms. The maximum absolute atomic E-state index is 13.0. The lowest BCUT2D eigenvalue weighted by atomic mass is 10.0. The van der Waals surface area contributed by atoms with Crippen LogP contribution >= 0.6 is 11.6 Å². The van der Waals surface area contributed by atoms with Gasteiger partial charge < -0.3 is 5.32 Å². The van der Waals surface area contributed by atoms with E-state index in [4.69, 9.17) is 11.6 Å². The summed E-state index contributed by atoms with van der Waals surface area (Å²) in [6.45, 7) is 5.67. The van der Waals surface area contributed by atoms with Crippen molar-refractivity contribution >= 4 is 33.2 Å². The molecule has 0 aliphatic heterocycles. The Hall–Kier alpha value is -2.83. The SMILES string of the molecule is CC[C@@H](NC(=O)c1ccc(Cl)c(S(=O)(=O)Nc2cc(C)ccc2C)c1)c1ccccc1. The molecule has 3 rings (SSSR count). The molecule has 0 aliphatic carbocycles. The van der Waals surface area contributed by atoms with Gasteiger partial charge in [0.15, 0.2) is 0 Å². The van der Waals surface area contributed by atoms with E-state index in [0.717, 1.165) is 16.7 Å². The smallest absolute Gasteiger partial charge is 0.263 e. The van der Waals surface area contributed by atoms with Crippen LogP contribution < -0.4 is 10.0 Å². The summed E-state index contributed by atoms with van der Waals surface area (Å²) in [5.74, 6) is -0.365. The summed E-state index contributed by atoms with van der Waals surface area (Å²) >= 11 is 6.20.